The van der Waals surface area contributed by atoms with Gasteiger partial charge >= 0.3 is 0 Å². The Balaban J connectivity index is 0.000000127. The van der Waals surface area contributed by atoms with Crippen molar-refractivity contribution in [2.75, 3.05) is 5.88 Å². The van der Waals surface area contributed by atoms with Gasteiger partial charge in [-0.05, 0) is 24.6 Å². The molecule has 3 heteroatoms. The number of hydrogen-bond donors (Lipinski definition) is 0. The lowest BCUT2D eigenvalue weighted by Crippen LogP contribution is -1.72. The van der Waals surface area contributed by atoms with Gasteiger partial charge in [0, 0.05) is 11.3 Å². The van der Waals surface area contributed by atoms with E-state index in [2.05, 4.69) is 30.1 Å². The van der Waals surface area contributed by atoms with E-state index in [1.807, 2.05) is 0 Å². The van der Waals surface area contributed by atoms with Gasteiger partial charge in [0.2, 0.25) is 0 Å². The Labute approximate surface area is 98.7 Å². The smallest absolute Gasteiger partial charge is 0.124 e. The van der Waals surface area contributed by atoms with Crippen LogP contribution in [0.4, 0.5) is 0 Å². The van der Waals surface area contributed by atoms with E-state index in [1.165, 1.54) is 34.2 Å². The van der Waals surface area contributed by atoms with Gasteiger partial charge in [-0.2, -0.15) is 0 Å². The Kier molecular flexibility index (Phi) is 3.60. The first-order valence-electron chi connectivity index (χ1n) is 5.32. The van der Waals surface area contributed by atoms with E-state index in [9.17, 15) is 0 Å². The minimum atomic E-state index is 0.827. The number of thiazole rings is 1. The van der Waals surface area contributed by atoms with Crippen LogP contribution in [0, 0.1) is 0 Å². The fourth-order valence-corrected chi connectivity index (χ4v) is 2.72. The molecule has 15 heavy (non-hydrogen) atoms. The Morgan fingerprint density at radius 1 is 1.33 bits per heavy atom. The fraction of sp³-hybridized carbons (Fsp3) is 0.417. The maximum atomic E-state index is 5.38. The SMILES string of the molecule is CCCCCCl.c1cc2nc3sc2cc13. The summed E-state index contributed by atoms with van der Waals surface area (Å²) in [5, 5.41) is 1.30. The summed E-state index contributed by atoms with van der Waals surface area (Å²) < 4.78 is 1.34. The average molecular weight is 240 g/mol. The van der Waals surface area contributed by atoms with Crippen LogP contribution >= 0.6 is 22.9 Å². The number of benzene rings is 1. The zero-order valence-electron chi connectivity index (χ0n) is 8.79. The summed E-state index contributed by atoms with van der Waals surface area (Å²) in [5.74, 6) is 0.827. The summed E-state index contributed by atoms with van der Waals surface area (Å²) in [6.07, 6.45) is 3.73. The number of rotatable bonds is 3. The van der Waals surface area contributed by atoms with E-state index in [1.54, 1.807) is 11.3 Å². The molecular weight excluding hydrogens is 226 g/mol. The lowest BCUT2D eigenvalue weighted by molar-refractivity contribution is 0.776. The van der Waals surface area contributed by atoms with Crippen molar-refractivity contribution in [2.24, 2.45) is 0 Å². The molecular formula is C12H14ClNS. The molecule has 3 heterocycles. The van der Waals surface area contributed by atoms with Crippen molar-refractivity contribution in [3.63, 3.8) is 0 Å². The van der Waals surface area contributed by atoms with Crippen LogP contribution in [0.5, 0.6) is 0 Å². The Morgan fingerprint density at radius 2 is 2.20 bits per heavy atom. The van der Waals surface area contributed by atoms with Crippen molar-refractivity contribution in [3.8, 4) is 0 Å². The van der Waals surface area contributed by atoms with E-state index >= 15 is 0 Å². The number of unbranched alkanes of at least 4 members (excludes halogenated alkanes) is 2. The van der Waals surface area contributed by atoms with Crippen molar-refractivity contribution in [3.05, 3.63) is 18.2 Å². The van der Waals surface area contributed by atoms with E-state index in [0.717, 1.165) is 11.4 Å². The van der Waals surface area contributed by atoms with E-state index in [-0.39, 0.29) is 0 Å². The lowest BCUT2D eigenvalue weighted by atomic mass is 10.2. The average Bonchev–Trinajstić information content (AvgIpc) is 2.82. The van der Waals surface area contributed by atoms with Crippen LogP contribution in [-0.4, -0.2) is 10.9 Å². The number of fused-ring (bicyclic) bond motifs is 1. The normalized spacial score (nSPS) is 11.1. The van der Waals surface area contributed by atoms with Crippen molar-refractivity contribution < 1.29 is 0 Å². The van der Waals surface area contributed by atoms with Crippen molar-refractivity contribution in [1.82, 2.24) is 4.98 Å². The molecule has 0 atom stereocenters. The number of pyridine rings is 2. The van der Waals surface area contributed by atoms with Gasteiger partial charge in [-0.1, -0.05) is 19.8 Å². The van der Waals surface area contributed by atoms with Crippen LogP contribution < -0.4 is 0 Å². The molecule has 0 aliphatic rings. The minimum Gasteiger partial charge on any atom is -0.236 e. The molecule has 1 aromatic carbocycles. The van der Waals surface area contributed by atoms with Crippen molar-refractivity contribution >= 4 is 43.4 Å². The highest BCUT2D eigenvalue weighted by atomic mass is 35.5. The summed E-state index contributed by atoms with van der Waals surface area (Å²) in [6, 6.07) is 6.40. The number of halogens is 1. The second-order valence-corrected chi connectivity index (χ2v) is 5.01. The summed E-state index contributed by atoms with van der Waals surface area (Å²) in [6.45, 7) is 2.17. The molecule has 0 aliphatic heterocycles. The topological polar surface area (TPSA) is 12.9 Å². The number of nitrogens with zero attached hydrogens (tertiary/aromatic N) is 1. The highest BCUT2D eigenvalue weighted by Gasteiger charge is 2.07. The lowest BCUT2D eigenvalue weighted by Gasteiger charge is -1.88. The molecule has 0 radical (unpaired) electrons. The van der Waals surface area contributed by atoms with E-state index < -0.39 is 0 Å². The van der Waals surface area contributed by atoms with Gasteiger partial charge < -0.3 is 0 Å². The maximum absolute atomic E-state index is 5.38. The zero-order valence-corrected chi connectivity index (χ0v) is 10.4. The Hall–Kier alpha value is -0.600. The van der Waals surface area contributed by atoms with Gasteiger partial charge in [0.15, 0.2) is 0 Å². The first-order valence-corrected chi connectivity index (χ1v) is 6.67. The molecule has 4 aromatic rings. The highest BCUT2D eigenvalue weighted by molar-refractivity contribution is 7.25. The number of aromatic nitrogens is 1. The summed E-state index contributed by atoms with van der Waals surface area (Å²) >= 11 is 7.17. The molecule has 0 spiro atoms. The molecule has 1 nitrogen and oxygen atoms in total. The summed E-state index contributed by atoms with van der Waals surface area (Å²) in [7, 11) is 0. The maximum Gasteiger partial charge on any atom is 0.124 e. The molecule has 3 aromatic heterocycles. The molecule has 0 amide bonds. The van der Waals surface area contributed by atoms with Gasteiger partial charge in [-0.25, -0.2) is 4.98 Å². The molecule has 0 saturated heterocycles. The van der Waals surface area contributed by atoms with Gasteiger partial charge in [-0.3, -0.25) is 0 Å². The van der Waals surface area contributed by atoms with Crippen LogP contribution in [0.15, 0.2) is 18.2 Å². The molecule has 4 rings (SSSR count). The quantitative estimate of drug-likeness (QED) is 0.475. The van der Waals surface area contributed by atoms with Crippen molar-refractivity contribution in [1.29, 1.82) is 0 Å². The summed E-state index contributed by atoms with van der Waals surface area (Å²) in [4.78, 5) is 5.53. The largest absolute Gasteiger partial charge is 0.236 e. The van der Waals surface area contributed by atoms with Gasteiger partial charge in [0.25, 0.3) is 0 Å². The minimum absolute atomic E-state index is 0.827. The van der Waals surface area contributed by atoms with Crippen LogP contribution in [0.2, 0.25) is 0 Å². The Bertz CT molecular complexity index is 415. The van der Waals surface area contributed by atoms with Gasteiger partial charge in [0.1, 0.15) is 4.83 Å². The highest BCUT2D eigenvalue weighted by Crippen LogP contribution is 2.33. The van der Waals surface area contributed by atoms with Crippen LogP contribution in [0.1, 0.15) is 26.2 Å². The number of hydrogen-bond acceptors (Lipinski definition) is 2. The Morgan fingerprint density at radius 3 is 2.53 bits per heavy atom. The molecule has 80 valence electrons. The number of thiophene rings is 1. The molecule has 0 saturated carbocycles. The van der Waals surface area contributed by atoms with Gasteiger partial charge in [0.05, 0.1) is 10.2 Å². The first-order chi connectivity index (χ1) is 7.35. The number of alkyl halides is 1. The third-order valence-corrected chi connectivity index (χ3v) is 3.71. The molecule has 0 unspecified atom stereocenters. The third kappa shape index (κ3) is 2.32. The van der Waals surface area contributed by atoms with Gasteiger partial charge in [-0.15, -0.1) is 22.9 Å². The third-order valence-electron chi connectivity index (χ3n) is 2.37. The fourth-order valence-electron chi connectivity index (χ4n) is 1.53. The molecule has 0 aliphatic carbocycles. The standard InChI is InChI=1S/C7H3NS.C5H11Cl/c1-2-5-6-3-4(1)7(8-5)9-6;1-2-3-4-5-6/h1-3H;2-5H2,1H3. The van der Waals surface area contributed by atoms with Crippen LogP contribution in [0.25, 0.3) is 20.4 Å². The summed E-state index contributed by atoms with van der Waals surface area (Å²) in [5.41, 5.74) is 1.16. The molecule has 0 N–H and O–H groups in total. The second kappa shape index (κ2) is 4.95. The van der Waals surface area contributed by atoms with E-state index in [4.69, 9.17) is 11.6 Å². The molecule has 0 fully saturated rings. The first kappa shape index (κ1) is 10.9. The predicted molar refractivity (Wildman–Crippen MR) is 69.7 cm³/mol. The second-order valence-electron chi connectivity index (χ2n) is 3.60. The van der Waals surface area contributed by atoms with Crippen LogP contribution in [0.3, 0.4) is 0 Å². The zero-order chi connectivity index (χ0) is 10.7. The van der Waals surface area contributed by atoms with Crippen LogP contribution in [-0.2, 0) is 0 Å². The monoisotopic (exact) mass is 239 g/mol. The predicted octanol–water partition coefficient (Wildman–Crippen LogP) is 4.74. The van der Waals surface area contributed by atoms with E-state index in [0.29, 0.717) is 0 Å². The molecule has 4 bridgehead atoms. The van der Waals surface area contributed by atoms with Crippen molar-refractivity contribution in [2.45, 2.75) is 26.2 Å².